The van der Waals surface area contributed by atoms with Crippen LogP contribution in [0, 0.1) is 6.92 Å². The van der Waals surface area contributed by atoms with Crippen LogP contribution in [0.1, 0.15) is 0 Å². The monoisotopic (exact) mass is 169 g/mol. The quantitative estimate of drug-likeness (QED) is 0.530. The third-order valence-electron chi connectivity index (χ3n) is 0.307. The number of rotatable bonds is 1. The molecule has 0 fully saturated rings. The molecule has 0 rings (SSSR count). The molecule has 0 aromatic carbocycles. The Bertz CT molecular complexity index is 72.2. The SMILES string of the molecule is [CH2]/C=C/C(F)(F)Br. The lowest BCUT2D eigenvalue weighted by Gasteiger charge is -1.96. The Morgan fingerprint density at radius 1 is 1.57 bits per heavy atom. The maximum atomic E-state index is 11.5. The van der Waals surface area contributed by atoms with Crippen LogP contribution in [-0.4, -0.2) is 4.83 Å². The summed E-state index contributed by atoms with van der Waals surface area (Å²) in [6.07, 6.45) is 1.70. The molecule has 0 aromatic rings. The van der Waals surface area contributed by atoms with Gasteiger partial charge in [0.2, 0.25) is 0 Å². The summed E-state index contributed by atoms with van der Waals surface area (Å²) in [6, 6.07) is 0. The lowest BCUT2D eigenvalue weighted by Crippen LogP contribution is -1.96. The zero-order valence-electron chi connectivity index (χ0n) is 3.50. The fraction of sp³-hybridized carbons (Fsp3) is 0.250. The average Bonchev–Trinajstić information content (AvgIpc) is 1.30. The van der Waals surface area contributed by atoms with Gasteiger partial charge >= 0.3 is 4.83 Å². The van der Waals surface area contributed by atoms with Crippen molar-refractivity contribution in [1.82, 2.24) is 0 Å². The molecule has 0 saturated carbocycles. The van der Waals surface area contributed by atoms with Crippen molar-refractivity contribution >= 4 is 15.9 Å². The summed E-state index contributed by atoms with van der Waals surface area (Å²) < 4.78 is 23.0. The first kappa shape index (κ1) is 7.08. The Morgan fingerprint density at radius 2 is 2.00 bits per heavy atom. The number of allylic oxidation sites excluding steroid dienone is 2. The van der Waals surface area contributed by atoms with Gasteiger partial charge in [-0.3, -0.25) is 0 Å². The molecule has 0 nitrogen and oxygen atoms in total. The van der Waals surface area contributed by atoms with E-state index in [2.05, 4.69) is 22.9 Å². The minimum Gasteiger partial charge on any atom is -0.189 e. The highest BCUT2D eigenvalue weighted by Crippen LogP contribution is 2.22. The van der Waals surface area contributed by atoms with Crippen LogP contribution >= 0.6 is 15.9 Å². The number of hydrogen-bond donors (Lipinski definition) is 0. The lowest BCUT2D eigenvalue weighted by molar-refractivity contribution is 0.171. The lowest BCUT2D eigenvalue weighted by atomic mass is 10.5. The molecule has 7 heavy (non-hydrogen) atoms. The van der Waals surface area contributed by atoms with Gasteiger partial charge in [-0.25, -0.2) is 0 Å². The molecule has 0 unspecified atom stereocenters. The summed E-state index contributed by atoms with van der Waals surface area (Å²) >= 11 is 2.08. The first-order valence-corrected chi connectivity index (χ1v) is 2.39. The molecule has 0 N–H and O–H groups in total. The number of halogens is 3. The van der Waals surface area contributed by atoms with Gasteiger partial charge in [0.1, 0.15) is 0 Å². The molecule has 0 aromatic heterocycles. The van der Waals surface area contributed by atoms with Crippen LogP contribution in [0.15, 0.2) is 12.2 Å². The molecule has 0 aliphatic rings. The van der Waals surface area contributed by atoms with E-state index in [9.17, 15) is 8.78 Å². The second-order valence-electron chi connectivity index (χ2n) is 0.944. The summed E-state index contributed by atoms with van der Waals surface area (Å²) in [5, 5.41) is 0. The van der Waals surface area contributed by atoms with E-state index < -0.39 is 4.83 Å². The second kappa shape index (κ2) is 2.40. The van der Waals surface area contributed by atoms with Crippen molar-refractivity contribution in [3.05, 3.63) is 19.1 Å². The van der Waals surface area contributed by atoms with E-state index >= 15 is 0 Å². The summed E-state index contributed by atoms with van der Waals surface area (Å²) in [6.45, 7) is 3.08. The van der Waals surface area contributed by atoms with E-state index in [4.69, 9.17) is 0 Å². The van der Waals surface area contributed by atoms with Gasteiger partial charge < -0.3 is 0 Å². The van der Waals surface area contributed by atoms with E-state index in [0.29, 0.717) is 6.08 Å². The second-order valence-corrected chi connectivity index (χ2v) is 2.00. The Morgan fingerprint density at radius 3 is 2.00 bits per heavy atom. The molecule has 0 aliphatic carbocycles. The van der Waals surface area contributed by atoms with Crippen LogP contribution in [0.5, 0.6) is 0 Å². The minimum absolute atomic E-state index is 0.660. The Balaban J connectivity index is 3.56. The predicted molar refractivity (Wildman–Crippen MR) is 28.4 cm³/mol. The first-order chi connectivity index (χ1) is 3.06. The molecule has 0 saturated heterocycles. The van der Waals surface area contributed by atoms with E-state index in [1.54, 1.807) is 0 Å². The molecule has 0 atom stereocenters. The molecule has 3 heteroatoms. The van der Waals surface area contributed by atoms with E-state index in [1.807, 2.05) is 0 Å². The largest absolute Gasteiger partial charge is 0.319 e. The summed E-state index contributed by atoms with van der Waals surface area (Å²) in [4.78, 5) is -2.88. The van der Waals surface area contributed by atoms with Crippen molar-refractivity contribution in [2.45, 2.75) is 4.83 Å². The van der Waals surface area contributed by atoms with Crippen LogP contribution in [-0.2, 0) is 0 Å². The summed E-state index contributed by atoms with van der Waals surface area (Å²) in [7, 11) is 0. The third-order valence-corrected chi connectivity index (χ3v) is 0.571. The van der Waals surface area contributed by atoms with Crippen molar-refractivity contribution in [3.63, 3.8) is 0 Å². The maximum Gasteiger partial charge on any atom is 0.319 e. The average molecular weight is 170 g/mol. The van der Waals surface area contributed by atoms with Gasteiger partial charge in [0.15, 0.2) is 0 Å². The van der Waals surface area contributed by atoms with Gasteiger partial charge in [-0.2, -0.15) is 8.78 Å². The van der Waals surface area contributed by atoms with Gasteiger partial charge in [-0.1, -0.05) is 6.08 Å². The minimum atomic E-state index is -2.88. The highest BCUT2D eigenvalue weighted by atomic mass is 79.9. The maximum absolute atomic E-state index is 11.5. The molecule has 0 bridgehead atoms. The predicted octanol–water partition coefficient (Wildman–Crippen LogP) is 2.36. The smallest absolute Gasteiger partial charge is 0.189 e. The zero-order chi connectivity index (χ0) is 5.91. The van der Waals surface area contributed by atoms with Crippen molar-refractivity contribution in [2.75, 3.05) is 0 Å². The van der Waals surface area contributed by atoms with Gasteiger partial charge in [-0.15, -0.1) is 0 Å². The van der Waals surface area contributed by atoms with Crippen LogP contribution in [0.4, 0.5) is 8.78 Å². The Kier molecular flexibility index (Phi) is 2.43. The van der Waals surface area contributed by atoms with Crippen molar-refractivity contribution < 1.29 is 8.78 Å². The van der Waals surface area contributed by atoms with E-state index in [1.165, 1.54) is 0 Å². The van der Waals surface area contributed by atoms with Crippen LogP contribution < -0.4 is 0 Å². The van der Waals surface area contributed by atoms with Crippen molar-refractivity contribution in [3.8, 4) is 0 Å². The zero-order valence-corrected chi connectivity index (χ0v) is 5.08. The van der Waals surface area contributed by atoms with Crippen molar-refractivity contribution in [1.29, 1.82) is 0 Å². The fourth-order valence-corrected chi connectivity index (χ4v) is 0.321. The molecular weight excluding hydrogens is 166 g/mol. The topological polar surface area (TPSA) is 0 Å². The molecule has 1 radical (unpaired) electrons. The Labute approximate surface area is 49.3 Å². The number of hydrogen-bond acceptors (Lipinski definition) is 0. The van der Waals surface area contributed by atoms with Crippen LogP contribution in [0.2, 0.25) is 0 Å². The normalized spacial score (nSPS) is 13.1. The standard InChI is InChI=1S/C4H4BrF2/c1-2-3-4(5,6)7/h2-3H,1H2/b3-2+. The molecule has 0 aliphatic heterocycles. The van der Waals surface area contributed by atoms with Gasteiger partial charge in [0.05, 0.1) is 0 Å². The highest BCUT2D eigenvalue weighted by Gasteiger charge is 2.16. The molecule has 0 amide bonds. The highest BCUT2D eigenvalue weighted by molar-refractivity contribution is 9.10. The third kappa shape index (κ3) is 6.08. The summed E-state index contributed by atoms with van der Waals surface area (Å²) in [5.74, 6) is 0. The molecule has 0 spiro atoms. The molecule has 41 valence electrons. The first-order valence-electron chi connectivity index (χ1n) is 1.60. The molecule has 0 heterocycles. The number of alkyl halides is 3. The van der Waals surface area contributed by atoms with Crippen molar-refractivity contribution in [2.24, 2.45) is 0 Å². The van der Waals surface area contributed by atoms with Gasteiger partial charge in [0, 0.05) is 0 Å². The van der Waals surface area contributed by atoms with E-state index in [0.717, 1.165) is 6.08 Å². The Hall–Kier alpha value is 0.0800. The fourth-order valence-electron chi connectivity index (χ4n) is 0.134. The van der Waals surface area contributed by atoms with Crippen LogP contribution in [0.3, 0.4) is 0 Å². The summed E-state index contributed by atoms with van der Waals surface area (Å²) in [5.41, 5.74) is 0. The molecular formula is C4H4BrF2. The van der Waals surface area contributed by atoms with Gasteiger partial charge in [-0.05, 0) is 28.9 Å². The van der Waals surface area contributed by atoms with Gasteiger partial charge in [0.25, 0.3) is 0 Å². The van der Waals surface area contributed by atoms with E-state index in [-0.39, 0.29) is 0 Å². The van der Waals surface area contributed by atoms with Crippen LogP contribution in [0.25, 0.3) is 0 Å².